The van der Waals surface area contributed by atoms with E-state index in [9.17, 15) is 0 Å². The summed E-state index contributed by atoms with van der Waals surface area (Å²) in [7, 11) is 0. The second kappa shape index (κ2) is 4.16. The maximum absolute atomic E-state index is 8.78. The summed E-state index contributed by atoms with van der Waals surface area (Å²) < 4.78 is 0.665. The number of aromatic nitrogens is 2. The van der Waals surface area contributed by atoms with E-state index in [0.717, 1.165) is 21.7 Å². The minimum Gasteiger partial charge on any atom is -0.267 e. The van der Waals surface area contributed by atoms with Crippen LogP contribution in [0.1, 0.15) is 16.0 Å². The fourth-order valence-electron chi connectivity index (χ4n) is 1.39. The van der Waals surface area contributed by atoms with Crippen LogP contribution in [0, 0.1) is 29.8 Å². The molecule has 16 heavy (non-hydrogen) atoms. The van der Waals surface area contributed by atoms with Crippen molar-refractivity contribution in [1.82, 2.24) is 10.2 Å². The maximum Gasteiger partial charge on any atom is 0.122 e. The summed E-state index contributed by atoms with van der Waals surface area (Å²) in [5, 5.41) is 15.8. The molecule has 80 valence electrons. The highest BCUT2D eigenvalue weighted by atomic mass is 32.1. The fraction of sp³-hybridized carbons (Fsp3) is 0.182. The summed E-state index contributed by atoms with van der Waals surface area (Å²) in [5.41, 5.74) is 2.97. The van der Waals surface area contributed by atoms with Gasteiger partial charge < -0.3 is 0 Å². The second-order valence-corrected chi connectivity index (χ2v) is 4.92. The molecule has 2 heterocycles. The van der Waals surface area contributed by atoms with E-state index in [1.54, 1.807) is 6.07 Å². The van der Waals surface area contributed by atoms with Gasteiger partial charge in [0.1, 0.15) is 21.3 Å². The summed E-state index contributed by atoms with van der Waals surface area (Å²) >= 11 is 6.55. The molecule has 3 nitrogen and oxygen atoms in total. The van der Waals surface area contributed by atoms with Gasteiger partial charge in [0.25, 0.3) is 0 Å². The zero-order valence-electron chi connectivity index (χ0n) is 8.87. The van der Waals surface area contributed by atoms with E-state index >= 15 is 0 Å². The first-order valence-corrected chi connectivity index (χ1v) is 5.92. The quantitative estimate of drug-likeness (QED) is 0.786. The summed E-state index contributed by atoms with van der Waals surface area (Å²) in [6, 6.07) is 5.84. The number of nitrogens with zero attached hydrogens (tertiary/aromatic N) is 2. The van der Waals surface area contributed by atoms with Crippen molar-refractivity contribution >= 4 is 23.6 Å². The number of aromatic amines is 1. The lowest BCUT2D eigenvalue weighted by atomic mass is 10.1. The molecule has 0 radical (unpaired) electrons. The van der Waals surface area contributed by atoms with E-state index in [0.29, 0.717) is 9.52 Å². The molecule has 0 saturated carbocycles. The lowest BCUT2D eigenvalue weighted by Crippen LogP contribution is -1.94. The number of hydrogen-bond acceptors (Lipinski definition) is 4. The van der Waals surface area contributed by atoms with E-state index in [1.807, 2.05) is 19.9 Å². The average molecular weight is 247 g/mol. The Bertz CT molecular complexity index is 631. The molecule has 0 fully saturated rings. The highest BCUT2D eigenvalue weighted by molar-refractivity contribution is 7.71. The van der Waals surface area contributed by atoms with Crippen LogP contribution in [0.25, 0.3) is 10.6 Å². The molecule has 2 rings (SSSR count). The van der Waals surface area contributed by atoms with Crippen molar-refractivity contribution in [3.63, 3.8) is 0 Å². The van der Waals surface area contributed by atoms with Gasteiger partial charge in [0, 0.05) is 0 Å². The molecule has 2 aromatic heterocycles. The standard InChI is InChI=1S/C11H9N3S2/c1-6-7(2)11(15)14-13-10(6)9-4-3-8(5-12)16-9/h3-4H,1-2H3,(H,14,15). The largest absolute Gasteiger partial charge is 0.267 e. The number of H-pyrrole nitrogens is 1. The Balaban J connectivity index is 2.62. The van der Waals surface area contributed by atoms with E-state index in [1.165, 1.54) is 11.3 Å². The highest BCUT2D eigenvalue weighted by Crippen LogP contribution is 2.29. The third-order valence-electron chi connectivity index (χ3n) is 2.48. The molecule has 0 amide bonds. The van der Waals surface area contributed by atoms with Gasteiger partial charge in [-0.25, -0.2) is 0 Å². The Morgan fingerprint density at radius 1 is 1.38 bits per heavy atom. The normalized spacial score (nSPS) is 10.1. The van der Waals surface area contributed by atoms with Crippen LogP contribution in [-0.2, 0) is 0 Å². The molecule has 0 aromatic carbocycles. The molecule has 0 unspecified atom stereocenters. The first-order chi connectivity index (χ1) is 7.63. The van der Waals surface area contributed by atoms with Crippen molar-refractivity contribution < 1.29 is 0 Å². The first-order valence-electron chi connectivity index (χ1n) is 4.69. The molecular formula is C11H9N3S2. The minimum atomic E-state index is 0.665. The van der Waals surface area contributed by atoms with Gasteiger partial charge in [-0.3, -0.25) is 5.10 Å². The van der Waals surface area contributed by atoms with Crippen LogP contribution < -0.4 is 0 Å². The zero-order chi connectivity index (χ0) is 11.7. The van der Waals surface area contributed by atoms with Gasteiger partial charge in [-0.05, 0) is 37.1 Å². The molecule has 0 spiro atoms. The van der Waals surface area contributed by atoms with Crippen LogP contribution in [0.4, 0.5) is 0 Å². The van der Waals surface area contributed by atoms with Crippen molar-refractivity contribution in [1.29, 1.82) is 5.26 Å². The Labute approximate surface area is 102 Å². The van der Waals surface area contributed by atoms with Crippen LogP contribution in [0.3, 0.4) is 0 Å². The van der Waals surface area contributed by atoms with Crippen molar-refractivity contribution in [2.75, 3.05) is 0 Å². The number of hydrogen-bond donors (Lipinski definition) is 1. The molecular weight excluding hydrogens is 238 g/mol. The van der Waals surface area contributed by atoms with Gasteiger partial charge in [0.2, 0.25) is 0 Å². The SMILES string of the molecule is Cc1c(-c2ccc(C#N)s2)n[nH]c(=S)c1C. The Morgan fingerprint density at radius 2 is 2.12 bits per heavy atom. The van der Waals surface area contributed by atoms with Crippen molar-refractivity contribution in [2.24, 2.45) is 0 Å². The van der Waals surface area contributed by atoms with Gasteiger partial charge in [-0.1, -0.05) is 12.2 Å². The van der Waals surface area contributed by atoms with Crippen LogP contribution in [0.15, 0.2) is 12.1 Å². The van der Waals surface area contributed by atoms with E-state index in [2.05, 4.69) is 16.3 Å². The summed E-state index contributed by atoms with van der Waals surface area (Å²) in [5.74, 6) is 0. The van der Waals surface area contributed by atoms with E-state index < -0.39 is 0 Å². The van der Waals surface area contributed by atoms with Gasteiger partial charge in [0.05, 0.1) is 4.88 Å². The average Bonchev–Trinajstić information content (AvgIpc) is 2.74. The molecule has 2 aromatic rings. The number of rotatable bonds is 1. The summed E-state index contributed by atoms with van der Waals surface area (Å²) in [6.07, 6.45) is 0. The summed E-state index contributed by atoms with van der Waals surface area (Å²) in [4.78, 5) is 1.68. The molecule has 1 N–H and O–H groups in total. The van der Waals surface area contributed by atoms with Crippen molar-refractivity contribution in [3.05, 3.63) is 32.8 Å². The maximum atomic E-state index is 8.78. The van der Waals surface area contributed by atoms with Crippen LogP contribution in [0.2, 0.25) is 0 Å². The van der Waals surface area contributed by atoms with Crippen LogP contribution >= 0.6 is 23.6 Å². The Kier molecular flexibility index (Phi) is 2.86. The molecule has 0 atom stereocenters. The number of nitrogens with one attached hydrogen (secondary N) is 1. The topological polar surface area (TPSA) is 52.5 Å². The number of thiophene rings is 1. The van der Waals surface area contributed by atoms with E-state index in [-0.39, 0.29) is 0 Å². The number of nitriles is 1. The lowest BCUT2D eigenvalue weighted by molar-refractivity contribution is 0.990. The third kappa shape index (κ3) is 1.77. The Hall–Kier alpha value is -1.51. The molecule has 5 heteroatoms. The smallest absolute Gasteiger partial charge is 0.122 e. The highest BCUT2D eigenvalue weighted by Gasteiger charge is 2.09. The Morgan fingerprint density at radius 3 is 2.75 bits per heavy atom. The summed E-state index contributed by atoms with van der Waals surface area (Å²) in [6.45, 7) is 3.96. The second-order valence-electron chi connectivity index (χ2n) is 3.43. The monoisotopic (exact) mass is 247 g/mol. The van der Waals surface area contributed by atoms with Gasteiger partial charge in [0.15, 0.2) is 0 Å². The van der Waals surface area contributed by atoms with Crippen molar-refractivity contribution in [3.8, 4) is 16.6 Å². The predicted molar refractivity (Wildman–Crippen MR) is 66.9 cm³/mol. The lowest BCUT2D eigenvalue weighted by Gasteiger charge is -2.04. The van der Waals surface area contributed by atoms with Crippen LogP contribution in [0.5, 0.6) is 0 Å². The van der Waals surface area contributed by atoms with Gasteiger partial charge in [-0.15, -0.1) is 11.3 Å². The van der Waals surface area contributed by atoms with Crippen molar-refractivity contribution in [2.45, 2.75) is 13.8 Å². The zero-order valence-corrected chi connectivity index (χ0v) is 10.5. The molecule has 0 bridgehead atoms. The molecule has 0 saturated heterocycles. The fourth-order valence-corrected chi connectivity index (χ4v) is 2.44. The van der Waals surface area contributed by atoms with Crippen LogP contribution in [-0.4, -0.2) is 10.2 Å². The molecule has 0 aliphatic carbocycles. The van der Waals surface area contributed by atoms with Gasteiger partial charge >= 0.3 is 0 Å². The predicted octanol–water partition coefficient (Wildman–Crippen LogP) is 3.36. The molecule has 0 aliphatic rings. The van der Waals surface area contributed by atoms with Gasteiger partial charge in [-0.2, -0.15) is 10.4 Å². The molecule has 0 aliphatic heterocycles. The third-order valence-corrected chi connectivity index (χ3v) is 3.87. The minimum absolute atomic E-state index is 0.665. The van der Waals surface area contributed by atoms with E-state index in [4.69, 9.17) is 17.5 Å². The first kappa shape index (κ1) is 11.0.